The normalized spacial score (nSPS) is 43.5. The molecule has 3 aliphatic heterocycles. The molecule has 3 heterocycles. The van der Waals surface area contributed by atoms with Crippen molar-refractivity contribution >= 4 is 5.97 Å². The molecule has 0 aliphatic carbocycles. The van der Waals surface area contributed by atoms with Gasteiger partial charge in [-0.25, -0.2) is 0 Å². The van der Waals surface area contributed by atoms with Crippen LogP contribution in [0, 0.1) is 5.41 Å². The van der Waals surface area contributed by atoms with Crippen LogP contribution in [0.15, 0.2) is 0 Å². The molecule has 0 aromatic rings. The van der Waals surface area contributed by atoms with E-state index in [4.69, 9.17) is 5.11 Å². The summed E-state index contributed by atoms with van der Waals surface area (Å²) < 4.78 is 1.18. The van der Waals surface area contributed by atoms with Crippen LogP contribution in [-0.2, 0) is 4.79 Å². The van der Waals surface area contributed by atoms with E-state index in [0.29, 0.717) is 0 Å². The van der Waals surface area contributed by atoms with E-state index < -0.39 is 5.97 Å². The summed E-state index contributed by atoms with van der Waals surface area (Å²) in [5.41, 5.74) is -0.338. The number of piperidine rings is 3. The van der Waals surface area contributed by atoms with Gasteiger partial charge < -0.3 is 9.59 Å². The molecule has 0 aromatic heterocycles. The van der Waals surface area contributed by atoms with Crippen LogP contribution >= 0.6 is 0 Å². The topological polar surface area (TPSA) is 37.3 Å². The van der Waals surface area contributed by atoms with Gasteiger partial charge >= 0.3 is 5.97 Å². The van der Waals surface area contributed by atoms with Crippen molar-refractivity contribution in [1.82, 2.24) is 0 Å². The van der Waals surface area contributed by atoms with Crippen LogP contribution in [0.3, 0.4) is 0 Å². The second-order valence-electron chi connectivity index (χ2n) is 4.66. The summed E-state index contributed by atoms with van der Waals surface area (Å²) in [6.45, 7) is 6.66. The van der Waals surface area contributed by atoms with Crippen LogP contribution in [0.2, 0.25) is 0 Å². The van der Waals surface area contributed by atoms with E-state index in [9.17, 15) is 4.79 Å². The van der Waals surface area contributed by atoms with Gasteiger partial charge in [-0.3, -0.25) is 4.79 Å². The Morgan fingerprint density at radius 3 is 2.08 bits per heavy atom. The van der Waals surface area contributed by atoms with Crippen molar-refractivity contribution in [3.05, 3.63) is 0 Å². The van der Waals surface area contributed by atoms with Crippen LogP contribution < -0.4 is 0 Å². The molecule has 0 amide bonds. The Morgan fingerprint density at radius 1 is 1.31 bits per heavy atom. The highest BCUT2D eigenvalue weighted by molar-refractivity contribution is 5.74. The average Bonchev–Trinajstić information content (AvgIpc) is 2.20. The van der Waals surface area contributed by atoms with Crippen molar-refractivity contribution in [2.75, 3.05) is 26.2 Å². The number of aliphatic carboxylic acids is 1. The minimum atomic E-state index is -0.555. The highest BCUT2D eigenvalue weighted by atomic mass is 16.4. The highest BCUT2D eigenvalue weighted by Gasteiger charge is 2.52. The van der Waals surface area contributed by atoms with Crippen LogP contribution in [0.5, 0.6) is 0 Å². The highest BCUT2D eigenvalue weighted by Crippen LogP contribution is 2.43. The molecule has 74 valence electrons. The third-order valence-corrected chi connectivity index (χ3v) is 4.32. The third-order valence-electron chi connectivity index (χ3n) is 4.32. The van der Waals surface area contributed by atoms with Crippen molar-refractivity contribution in [3.8, 4) is 0 Å². The lowest BCUT2D eigenvalue weighted by Gasteiger charge is -2.52. The number of carbonyl (C=O) groups is 1. The largest absolute Gasteiger partial charge is 0.481 e. The first-order valence-corrected chi connectivity index (χ1v) is 5.21. The molecule has 2 bridgehead atoms. The fraction of sp³-hybridized carbons (Fsp3) is 0.900. The van der Waals surface area contributed by atoms with E-state index in [-0.39, 0.29) is 5.41 Å². The van der Waals surface area contributed by atoms with Gasteiger partial charge in [-0.15, -0.1) is 0 Å². The number of quaternary nitrogens is 1. The van der Waals surface area contributed by atoms with E-state index in [1.807, 2.05) is 0 Å². The van der Waals surface area contributed by atoms with Gasteiger partial charge in [-0.05, 0) is 6.92 Å². The van der Waals surface area contributed by atoms with Crippen molar-refractivity contribution in [3.63, 3.8) is 0 Å². The fourth-order valence-electron chi connectivity index (χ4n) is 2.86. The van der Waals surface area contributed by atoms with Crippen molar-refractivity contribution in [2.45, 2.75) is 26.2 Å². The van der Waals surface area contributed by atoms with Crippen LogP contribution in [-0.4, -0.2) is 41.7 Å². The van der Waals surface area contributed by atoms with Crippen molar-refractivity contribution in [1.29, 1.82) is 0 Å². The lowest BCUT2D eigenvalue weighted by Crippen LogP contribution is -2.63. The smallest absolute Gasteiger partial charge is 0.310 e. The summed E-state index contributed by atoms with van der Waals surface area (Å²) in [5.74, 6) is -0.555. The molecule has 0 aromatic carbocycles. The standard InChI is InChI=1S/C10H17NO2/c1-2-11-6-3-10(4-7-11,5-8-11)9(12)13/h2-8H2,1H3/p+1. The van der Waals surface area contributed by atoms with Gasteiger partial charge in [0.15, 0.2) is 0 Å². The maximum absolute atomic E-state index is 11.1. The predicted octanol–water partition coefficient (Wildman–Crippen LogP) is 1.09. The molecule has 3 saturated heterocycles. The number of hydrogen-bond donors (Lipinski definition) is 1. The molecule has 3 fully saturated rings. The third kappa shape index (κ3) is 1.17. The quantitative estimate of drug-likeness (QED) is 0.652. The lowest BCUT2D eigenvalue weighted by atomic mass is 9.71. The zero-order valence-corrected chi connectivity index (χ0v) is 8.25. The zero-order chi connectivity index (χ0) is 9.53. The molecular weight excluding hydrogens is 166 g/mol. The molecule has 0 radical (unpaired) electrons. The first-order chi connectivity index (χ1) is 6.13. The maximum atomic E-state index is 11.1. The molecule has 1 N–H and O–H groups in total. The number of carboxylic acid groups (broad SMARTS) is 1. The molecule has 0 atom stereocenters. The minimum Gasteiger partial charge on any atom is -0.481 e. The van der Waals surface area contributed by atoms with E-state index in [1.54, 1.807) is 0 Å². The Bertz CT molecular complexity index is 213. The summed E-state index contributed by atoms with van der Waals surface area (Å²) >= 11 is 0. The van der Waals surface area contributed by atoms with Crippen molar-refractivity contribution in [2.24, 2.45) is 5.41 Å². The summed E-state index contributed by atoms with van der Waals surface area (Å²) in [5, 5.41) is 9.16. The van der Waals surface area contributed by atoms with Gasteiger partial charge in [0.2, 0.25) is 0 Å². The first kappa shape index (κ1) is 9.00. The monoisotopic (exact) mass is 184 g/mol. The van der Waals surface area contributed by atoms with E-state index >= 15 is 0 Å². The second kappa shape index (κ2) is 2.71. The van der Waals surface area contributed by atoms with E-state index in [2.05, 4.69) is 6.92 Å². The maximum Gasteiger partial charge on any atom is 0.310 e. The number of nitrogens with zero attached hydrogens (tertiary/aromatic N) is 1. The first-order valence-electron chi connectivity index (χ1n) is 5.21. The molecule has 3 nitrogen and oxygen atoms in total. The molecule has 3 aliphatic rings. The zero-order valence-electron chi connectivity index (χ0n) is 8.25. The number of fused-ring (bicyclic) bond motifs is 3. The number of hydrogen-bond acceptors (Lipinski definition) is 1. The Balaban J connectivity index is 2.16. The van der Waals surface area contributed by atoms with Crippen molar-refractivity contribution < 1.29 is 14.4 Å². The molecule has 0 spiro atoms. The van der Waals surface area contributed by atoms with Gasteiger partial charge in [0.05, 0.1) is 31.6 Å². The molecule has 0 saturated carbocycles. The molecule has 3 heteroatoms. The summed E-state index contributed by atoms with van der Waals surface area (Å²) in [6.07, 6.45) is 2.70. The van der Waals surface area contributed by atoms with Gasteiger partial charge in [-0.2, -0.15) is 0 Å². The average molecular weight is 184 g/mol. The summed E-state index contributed by atoms with van der Waals surface area (Å²) in [4.78, 5) is 11.1. The molecule has 0 unspecified atom stereocenters. The van der Waals surface area contributed by atoms with Gasteiger partial charge in [0.25, 0.3) is 0 Å². The molecular formula is C10H18NO2+. The minimum absolute atomic E-state index is 0.338. The van der Waals surface area contributed by atoms with E-state index in [0.717, 1.165) is 38.9 Å². The summed E-state index contributed by atoms with van der Waals surface area (Å²) in [6, 6.07) is 0. The Labute approximate surface area is 78.9 Å². The van der Waals surface area contributed by atoms with Crippen LogP contribution in [0.25, 0.3) is 0 Å². The van der Waals surface area contributed by atoms with E-state index in [1.165, 1.54) is 11.0 Å². The Hall–Kier alpha value is -0.570. The second-order valence-corrected chi connectivity index (χ2v) is 4.66. The van der Waals surface area contributed by atoms with Gasteiger partial charge in [0.1, 0.15) is 0 Å². The molecule has 13 heavy (non-hydrogen) atoms. The van der Waals surface area contributed by atoms with Crippen LogP contribution in [0.4, 0.5) is 0 Å². The fourth-order valence-corrected chi connectivity index (χ4v) is 2.86. The summed E-state index contributed by atoms with van der Waals surface area (Å²) in [7, 11) is 0. The van der Waals surface area contributed by atoms with Crippen LogP contribution in [0.1, 0.15) is 26.2 Å². The molecule has 3 rings (SSSR count). The SMILES string of the molecule is CC[N+]12CCC(C(=O)O)(CC1)CC2. The Morgan fingerprint density at radius 2 is 1.77 bits per heavy atom. The van der Waals surface area contributed by atoms with Gasteiger partial charge in [-0.1, -0.05) is 0 Å². The Kier molecular flexibility index (Phi) is 1.88. The number of rotatable bonds is 2. The number of carboxylic acids is 1. The lowest BCUT2D eigenvalue weighted by molar-refractivity contribution is -0.942. The predicted molar refractivity (Wildman–Crippen MR) is 49.3 cm³/mol. The van der Waals surface area contributed by atoms with Gasteiger partial charge in [0, 0.05) is 19.3 Å².